The van der Waals surface area contributed by atoms with Crippen LogP contribution in [-0.4, -0.2) is 10.9 Å². The van der Waals surface area contributed by atoms with E-state index in [1.807, 2.05) is 24.3 Å². The van der Waals surface area contributed by atoms with Gasteiger partial charge in [0.15, 0.2) is 0 Å². The minimum atomic E-state index is 0.453. The fourth-order valence-corrected chi connectivity index (χ4v) is 2.74. The molecular formula is C16H18N2S. The Morgan fingerprint density at radius 3 is 2.58 bits per heavy atom. The van der Waals surface area contributed by atoms with Crippen LogP contribution in [0.1, 0.15) is 29.9 Å². The van der Waals surface area contributed by atoms with Crippen LogP contribution >= 0.6 is 11.3 Å². The smallest absolute Gasteiger partial charge is 0.0995 e. The van der Waals surface area contributed by atoms with Gasteiger partial charge in [-0.2, -0.15) is 5.26 Å². The topological polar surface area (TPSA) is 27.0 Å². The molecule has 0 spiro atoms. The third-order valence-corrected chi connectivity index (χ3v) is 4.04. The molecule has 3 heteroatoms. The van der Waals surface area contributed by atoms with E-state index in [0.717, 1.165) is 24.2 Å². The van der Waals surface area contributed by atoms with E-state index < -0.39 is 0 Å². The summed E-state index contributed by atoms with van der Waals surface area (Å²) in [6.45, 7) is 6.15. The SMILES string of the molecule is CC(C)N(Cc1cccs1)Cc1ccccc1C#N. The average Bonchev–Trinajstić information content (AvgIpc) is 2.91. The molecule has 0 saturated carbocycles. The maximum Gasteiger partial charge on any atom is 0.0995 e. The summed E-state index contributed by atoms with van der Waals surface area (Å²) in [5, 5.41) is 11.3. The second kappa shape index (κ2) is 6.51. The van der Waals surface area contributed by atoms with Gasteiger partial charge in [0, 0.05) is 24.0 Å². The Morgan fingerprint density at radius 1 is 1.16 bits per heavy atom. The van der Waals surface area contributed by atoms with Crippen LogP contribution in [0, 0.1) is 11.3 Å². The van der Waals surface area contributed by atoms with Crippen LogP contribution < -0.4 is 0 Å². The number of benzene rings is 1. The van der Waals surface area contributed by atoms with Crippen LogP contribution in [-0.2, 0) is 13.1 Å². The van der Waals surface area contributed by atoms with E-state index in [-0.39, 0.29) is 0 Å². The Balaban J connectivity index is 2.15. The lowest BCUT2D eigenvalue weighted by atomic mass is 10.1. The molecule has 0 fully saturated rings. The molecule has 0 atom stereocenters. The molecule has 1 heterocycles. The van der Waals surface area contributed by atoms with Gasteiger partial charge in [0.1, 0.15) is 0 Å². The summed E-state index contributed by atoms with van der Waals surface area (Å²) >= 11 is 1.78. The molecule has 0 bridgehead atoms. The third kappa shape index (κ3) is 3.66. The Labute approximate surface area is 118 Å². The van der Waals surface area contributed by atoms with E-state index in [1.54, 1.807) is 11.3 Å². The number of rotatable bonds is 5. The molecule has 0 radical (unpaired) electrons. The predicted octanol–water partition coefficient (Wildman–Crippen LogP) is 4.03. The number of nitriles is 1. The molecule has 1 aromatic heterocycles. The van der Waals surface area contributed by atoms with Gasteiger partial charge in [0.25, 0.3) is 0 Å². The number of nitrogens with zero attached hydrogens (tertiary/aromatic N) is 2. The molecule has 0 unspecified atom stereocenters. The first-order valence-electron chi connectivity index (χ1n) is 6.45. The van der Waals surface area contributed by atoms with Crippen LogP contribution in [0.2, 0.25) is 0 Å². The van der Waals surface area contributed by atoms with Crippen molar-refractivity contribution in [3.8, 4) is 6.07 Å². The Bertz CT molecular complexity index is 552. The molecule has 0 aliphatic heterocycles. The molecule has 2 nitrogen and oxygen atoms in total. The lowest BCUT2D eigenvalue weighted by Gasteiger charge is -2.26. The minimum absolute atomic E-state index is 0.453. The van der Waals surface area contributed by atoms with Crippen LogP contribution in [0.3, 0.4) is 0 Å². The van der Waals surface area contributed by atoms with Crippen LogP contribution in [0.15, 0.2) is 41.8 Å². The standard InChI is InChI=1S/C16H18N2S/c1-13(2)18(12-16-8-5-9-19-16)11-15-7-4-3-6-14(15)10-17/h3-9,13H,11-12H2,1-2H3. The van der Waals surface area contributed by atoms with Crippen molar-refractivity contribution in [1.29, 1.82) is 5.26 Å². The van der Waals surface area contributed by atoms with Gasteiger partial charge >= 0.3 is 0 Å². The van der Waals surface area contributed by atoms with Crippen molar-refractivity contribution in [1.82, 2.24) is 4.90 Å². The molecule has 2 aromatic rings. The highest BCUT2D eigenvalue weighted by Crippen LogP contribution is 2.18. The summed E-state index contributed by atoms with van der Waals surface area (Å²) in [6.07, 6.45) is 0. The van der Waals surface area contributed by atoms with Crippen molar-refractivity contribution in [2.24, 2.45) is 0 Å². The van der Waals surface area contributed by atoms with E-state index >= 15 is 0 Å². The molecule has 0 N–H and O–H groups in total. The normalized spacial score (nSPS) is 10.9. The maximum absolute atomic E-state index is 9.16. The Morgan fingerprint density at radius 2 is 1.95 bits per heavy atom. The summed E-state index contributed by atoms with van der Waals surface area (Å²) in [6, 6.07) is 14.8. The van der Waals surface area contributed by atoms with Crippen molar-refractivity contribution < 1.29 is 0 Å². The highest BCUT2D eigenvalue weighted by Gasteiger charge is 2.13. The van der Waals surface area contributed by atoms with Gasteiger partial charge in [0.2, 0.25) is 0 Å². The van der Waals surface area contributed by atoms with Crippen LogP contribution in [0.25, 0.3) is 0 Å². The first kappa shape index (κ1) is 13.8. The largest absolute Gasteiger partial charge is 0.292 e. The highest BCUT2D eigenvalue weighted by atomic mass is 32.1. The Kier molecular flexibility index (Phi) is 4.73. The van der Waals surface area contributed by atoms with Crippen molar-refractivity contribution in [2.75, 3.05) is 0 Å². The van der Waals surface area contributed by atoms with Gasteiger partial charge in [-0.05, 0) is 36.9 Å². The van der Waals surface area contributed by atoms with Gasteiger partial charge in [0.05, 0.1) is 11.6 Å². The number of hydrogen-bond donors (Lipinski definition) is 0. The van der Waals surface area contributed by atoms with Gasteiger partial charge in [-0.15, -0.1) is 11.3 Å². The quantitative estimate of drug-likeness (QED) is 0.820. The second-order valence-electron chi connectivity index (χ2n) is 4.85. The van der Waals surface area contributed by atoms with Crippen molar-refractivity contribution in [2.45, 2.75) is 33.0 Å². The van der Waals surface area contributed by atoms with Crippen LogP contribution in [0.4, 0.5) is 0 Å². The summed E-state index contributed by atoms with van der Waals surface area (Å²) in [7, 11) is 0. The first-order valence-corrected chi connectivity index (χ1v) is 7.33. The van der Waals surface area contributed by atoms with Gasteiger partial charge in [-0.25, -0.2) is 0 Å². The summed E-state index contributed by atoms with van der Waals surface area (Å²) in [5.41, 5.74) is 1.88. The lowest BCUT2D eigenvalue weighted by Crippen LogP contribution is -2.29. The highest BCUT2D eigenvalue weighted by molar-refractivity contribution is 7.09. The van der Waals surface area contributed by atoms with Crippen molar-refractivity contribution >= 4 is 11.3 Å². The molecule has 19 heavy (non-hydrogen) atoms. The third-order valence-electron chi connectivity index (χ3n) is 3.18. The van der Waals surface area contributed by atoms with Gasteiger partial charge in [-0.3, -0.25) is 4.90 Å². The number of hydrogen-bond acceptors (Lipinski definition) is 3. The minimum Gasteiger partial charge on any atom is -0.292 e. The zero-order valence-electron chi connectivity index (χ0n) is 11.3. The second-order valence-corrected chi connectivity index (χ2v) is 5.88. The molecule has 2 rings (SSSR count). The van der Waals surface area contributed by atoms with E-state index in [2.05, 4.69) is 42.3 Å². The Hall–Kier alpha value is -1.63. The predicted molar refractivity (Wildman–Crippen MR) is 79.9 cm³/mol. The summed E-state index contributed by atoms with van der Waals surface area (Å²) in [5.74, 6) is 0. The van der Waals surface area contributed by atoms with Crippen molar-refractivity contribution in [3.63, 3.8) is 0 Å². The molecule has 0 saturated heterocycles. The molecular weight excluding hydrogens is 252 g/mol. The lowest BCUT2D eigenvalue weighted by molar-refractivity contribution is 0.205. The van der Waals surface area contributed by atoms with E-state index in [9.17, 15) is 0 Å². The van der Waals surface area contributed by atoms with E-state index in [0.29, 0.717) is 6.04 Å². The fourth-order valence-electron chi connectivity index (χ4n) is 2.01. The molecule has 0 aliphatic rings. The number of thiophene rings is 1. The molecule has 98 valence electrons. The van der Waals surface area contributed by atoms with Gasteiger partial charge < -0.3 is 0 Å². The molecule has 1 aromatic carbocycles. The fraction of sp³-hybridized carbons (Fsp3) is 0.312. The molecule has 0 aliphatic carbocycles. The first-order chi connectivity index (χ1) is 9.20. The average molecular weight is 270 g/mol. The van der Waals surface area contributed by atoms with Gasteiger partial charge in [-0.1, -0.05) is 24.3 Å². The zero-order valence-corrected chi connectivity index (χ0v) is 12.2. The van der Waals surface area contributed by atoms with E-state index in [1.165, 1.54) is 4.88 Å². The van der Waals surface area contributed by atoms with E-state index in [4.69, 9.17) is 5.26 Å². The summed E-state index contributed by atoms with van der Waals surface area (Å²) in [4.78, 5) is 3.75. The maximum atomic E-state index is 9.16. The summed E-state index contributed by atoms with van der Waals surface area (Å²) < 4.78 is 0. The molecule has 0 amide bonds. The monoisotopic (exact) mass is 270 g/mol. The zero-order chi connectivity index (χ0) is 13.7. The van der Waals surface area contributed by atoms with Crippen molar-refractivity contribution in [3.05, 3.63) is 57.8 Å². The van der Waals surface area contributed by atoms with Crippen LogP contribution in [0.5, 0.6) is 0 Å².